The number of carbonyl (C=O) groups is 1. The minimum absolute atomic E-state index is 0.176. The van der Waals surface area contributed by atoms with Gasteiger partial charge in [0.05, 0.1) is 0 Å². The maximum atomic E-state index is 12.2. The van der Waals surface area contributed by atoms with Gasteiger partial charge < -0.3 is 0 Å². The lowest BCUT2D eigenvalue weighted by atomic mass is 9.96. The van der Waals surface area contributed by atoms with E-state index in [9.17, 15) is 4.79 Å². The number of hydrogen-bond donors (Lipinski definition) is 0. The monoisotopic (exact) mass is 274 g/mol. The van der Waals surface area contributed by atoms with Gasteiger partial charge in [0, 0.05) is 22.8 Å². The second kappa shape index (κ2) is 5.32. The van der Waals surface area contributed by atoms with Gasteiger partial charge in [-0.3, -0.25) is 4.79 Å². The Bertz CT molecular complexity index is 448. The standard InChI is InChI=1S/C17H22OS/c1-17(15-9-10-15,11-16(18)14-7-8-14)19-12-13-5-3-2-4-6-13/h2-6,14-15H,7-12H2,1H3. The molecular weight excluding hydrogens is 252 g/mol. The molecule has 0 heterocycles. The van der Waals surface area contributed by atoms with Gasteiger partial charge >= 0.3 is 0 Å². The molecule has 0 aliphatic heterocycles. The van der Waals surface area contributed by atoms with E-state index in [1.165, 1.54) is 18.4 Å². The first-order valence-corrected chi connectivity index (χ1v) is 8.36. The first-order valence-electron chi connectivity index (χ1n) is 7.38. The second-order valence-electron chi connectivity index (χ2n) is 6.28. The third-order valence-electron chi connectivity index (χ3n) is 4.41. The highest BCUT2D eigenvalue weighted by Crippen LogP contribution is 2.51. The minimum atomic E-state index is 0.176. The summed E-state index contributed by atoms with van der Waals surface area (Å²) in [6.45, 7) is 2.32. The smallest absolute Gasteiger partial charge is 0.137 e. The summed E-state index contributed by atoms with van der Waals surface area (Å²) in [6, 6.07) is 10.6. The lowest BCUT2D eigenvalue weighted by Gasteiger charge is -2.28. The van der Waals surface area contributed by atoms with Gasteiger partial charge in [-0.25, -0.2) is 0 Å². The van der Waals surface area contributed by atoms with Crippen LogP contribution in [0, 0.1) is 11.8 Å². The predicted octanol–water partition coefficient (Wildman–Crippen LogP) is 4.46. The van der Waals surface area contributed by atoms with E-state index in [4.69, 9.17) is 0 Å². The summed E-state index contributed by atoms with van der Waals surface area (Å²) in [4.78, 5) is 12.2. The lowest BCUT2D eigenvalue weighted by molar-refractivity contribution is -0.120. The van der Waals surface area contributed by atoms with Crippen molar-refractivity contribution in [2.45, 2.75) is 49.5 Å². The largest absolute Gasteiger partial charge is 0.299 e. The van der Waals surface area contributed by atoms with E-state index >= 15 is 0 Å². The Balaban J connectivity index is 1.61. The van der Waals surface area contributed by atoms with E-state index < -0.39 is 0 Å². The predicted molar refractivity (Wildman–Crippen MR) is 81.2 cm³/mol. The van der Waals surface area contributed by atoms with Crippen molar-refractivity contribution < 1.29 is 4.79 Å². The van der Waals surface area contributed by atoms with Crippen molar-refractivity contribution in [1.82, 2.24) is 0 Å². The molecule has 3 rings (SSSR count). The number of benzene rings is 1. The Morgan fingerprint density at radius 1 is 1.21 bits per heavy atom. The zero-order valence-corrected chi connectivity index (χ0v) is 12.4. The molecule has 2 saturated carbocycles. The minimum Gasteiger partial charge on any atom is -0.299 e. The van der Waals surface area contributed by atoms with Crippen LogP contribution in [0.3, 0.4) is 0 Å². The molecule has 2 aliphatic carbocycles. The van der Waals surface area contributed by atoms with E-state index in [2.05, 4.69) is 37.3 Å². The molecule has 1 aromatic carbocycles. The fourth-order valence-corrected chi connectivity index (χ4v) is 4.13. The molecule has 1 nitrogen and oxygen atoms in total. The zero-order valence-electron chi connectivity index (χ0n) is 11.6. The van der Waals surface area contributed by atoms with E-state index in [-0.39, 0.29) is 4.75 Å². The third kappa shape index (κ3) is 3.42. The van der Waals surface area contributed by atoms with Gasteiger partial charge in [-0.2, -0.15) is 0 Å². The summed E-state index contributed by atoms with van der Waals surface area (Å²) in [5.41, 5.74) is 1.37. The van der Waals surface area contributed by atoms with Gasteiger partial charge in [-0.1, -0.05) is 30.3 Å². The summed E-state index contributed by atoms with van der Waals surface area (Å²) in [5.74, 6) is 2.74. The molecular formula is C17H22OS. The summed E-state index contributed by atoms with van der Waals surface area (Å²) < 4.78 is 0.176. The second-order valence-corrected chi connectivity index (χ2v) is 7.79. The van der Waals surface area contributed by atoms with Crippen LogP contribution in [0.15, 0.2) is 30.3 Å². The van der Waals surface area contributed by atoms with Crippen LogP contribution in [0.2, 0.25) is 0 Å². The first-order chi connectivity index (χ1) is 9.17. The average molecular weight is 274 g/mol. The van der Waals surface area contributed by atoms with Gasteiger partial charge in [0.15, 0.2) is 0 Å². The Labute approximate surface area is 120 Å². The highest BCUT2D eigenvalue weighted by atomic mass is 32.2. The molecule has 0 N–H and O–H groups in total. The van der Waals surface area contributed by atoms with Gasteiger partial charge in [-0.05, 0) is 44.1 Å². The molecule has 2 fully saturated rings. The van der Waals surface area contributed by atoms with Crippen molar-refractivity contribution in [2.75, 3.05) is 0 Å². The molecule has 0 amide bonds. The normalized spacial score (nSPS) is 21.9. The molecule has 2 heteroatoms. The van der Waals surface area contributed by atoms with Crippen molar-refractivity contribution in [1.29, 1.82) is 0 Å². The number of thioether (sulfide) groups is 1. The Kier molecular flexibility index (Phi) is 3.70. The third-order valence-corrected chi connectivity index (χ3v) is 6.03. The SMILES string of the molecule is CC(CC(=O)C1CC1)(SCc1ccccc1)C1CC1. The van der Waals surface area contributed by atoms with Crippen molar-refractivity contribution in [3.8, 4) is 0 Å². The molecule has 1 atom stereocenters. The molecule has 102 valence electrons. The molecule has 2 aliphatic rings. The quantitative estimate of drug-likeness (QED) is 0.730. The highest BCUT2D eigenvalue weighted by molar-refractivity contribution is 7.99. The van der Waals surface area contributed by atoms with Gasteiger partial charge in [0.1, 0.15) is 5.78 Å². The maximum absolute atomic E-state index is 12.2. The molecule has 0 spiro atoms. The number of ketones is 1. The topological polar surface area (TPSA) is 17.1 Å². The molecule has 0 aromatic heterocycles. The molecule has 1 aromatic rings. The molecule has 1 unspecified atom stereocenters. The van der Waals surface area contributed by atoms with Gasteiger partial charge in [-0.15, -0.1) is 11.8 Å². The Morgan fingerprint density at radius 2 is 1.89 bits per heavy atom. The summed E-state index contributed by atoms with van der Waals surface area (Å²) >= 11 is 2.00. The fraction of sp³-hybridized carbons (Fsp3) is 0.588. The highest BCUT2D eigenvalue weighted by Gasteiger charge is 2.45. The van der Waals surface area contributed by atoms with Crippen LogP contribution >= 0.6 is 11.8 Å². The summed E-state index contributed by atoms with van der Waals surface area (Å²) in [6.07, 6.45) is 5.71. The van der Waals surface area contributed by atoms with Gasteiger partial charge in [0.2, 0.25) is 0 Å². The molecule has 0 saturated heterocycles. The average Bonchev–Trinajstić information content (AvgIpc) is 3.30. The zero-order chi connectivity index (χ0) is 13.3. The van der Waals surface area contributed by atoms with Crippen LogP contribution in [0.5, 0.6) is 0 Å². The van der Waals surface area contributed by atoms with E-state index in [1.54, 1.807) is 0 Å². The van der Waals surface area contributed by atoms with Crippen LogP contribution in [0.4, 0.5) is 0 Å². The number of carbonyl (C=O) groups excluding carboxylic acids is 1. The van der Waals surface area contributed by atoms with Crippen LogP contribution in [0.25, 0.3) is 0 Å². The van der Waals surface area contributed by atoms with Crippen LogP contribution < -0.4 is 0 Å². The fourth-order valence-electron chi connectivity index (χ4n) is 2.73. The molecule has 0 bridgehead atoms. The molecule has 19 heavy (non-hydrogen) atoms. The number of rotatable bonds is 7. The summed E-state index contributed by atoms with van der Waals surface area (Å²) in [5, 5.41) is 0. The van der Waals surface area contributed by atoms with Crippen LogP contribution in [0.1, 0.15) is 44.6 Å². The van der Waals surface area contributed by atoms with Crippen molar-refractivity contribution in [2.24, 2.45) is 11.8 Å². The Hall–Kier alpha value is -0.760. The van der Waals surface area contributed by atoms with E-state index in [0.717, 1.165) is 30.9 Å². The van der Waals surface area contributed by atoms with Crippen LogP contribution in [-0.4, -0.2) is 10.5 Å². The summed E-state index contributed by atoms with van der Waals surface area (Å²) in [7, 11) is 0. The Morgan fingerprint density at radius 3 is 2.47 bits per heavy atom. The van der Waals surface area contributed by atoms with Crippen molar-refractivity contribution in [3.05, 3.63) is 35.9 Å². The van der Waals surface area contributed by atoms with E-state index in [1.807, 2.05) is 11.8 Å². The number of Topliss-reactive ketones (excluding diaryl/α,β-unsaturated/α-hetero) is 1. The van der Waals surface area contributed by atoms with Crippen LogP contribution in [-0.2, 0) is 10.5 Å². The lowest BCUT2D eigenvalue weighted by Crippen LogP contribution is -2.28. The number of hydrogen-bond acceptors (Lipinski definition) is 2. The van der Waals surface area contributed by atoms with E-state index in [0.29, 0.717) is 11.7 Å². The van der Waals surface area contributed by atoms with Gasteiger partial charge in [0.25, 0.3) is 0 Å². The maximum Gasteiger partial charge on any atom is 0.137 e. The first kappa shape index (κ1) is 13.2. The van der Waals surface area contributed by atoms with Crippen molar-refractivity contribution in [3.63, 3.8) is 0 Å². The van der Waals surface area contributed by atoms with Crippen molar-refractivity contribution >= 4 is 17.5 Å². The molecule has 0 radical (unpaired) electrons.